The molecule has 0 spiro atoms. The van der Waals surface area contributed by atoms with E-state index >= 15 is 0 Å². The number of nitriles is 1. The molecule has 0 aliphatic carbocycles. The molecule has 0 N–H and O–H groups in total. The second kappa shape index (κ2) is 4.19. The Labute approximate surface area is 84.8 Å². The summed E-state index contributed by atoms with van der Waals surface area (Å²) in [5.74, 6) is 0.0238. The van der Waals surface area contributed by atoms with E-state index in [1.165, 1.54) is 13.2 Å². The van der Waals surface area contributed by atoms with E-state index < -0.39 is 10.6 Å². The lowest BCUT2D eigenvalue weighted by Gasteiger charge is -2.03. The van der Waals surface area contributed by atoms with Gasteiger partial charge in [0.1, 0.15) is 11.3 Å². The number of ether oxygens (including phenoxy) is 1. The van der Waals surface area contributed by atoms with Crippen LogP contribution in [0.2, 0.25) is 0 Å². The first-order valence-electron chi connectivity index (χ1n) is 3.85. The highest BCUT2D eigenvalue weighted by molar-refractivity contribution is 5.86. The number of nitro benzene ring substituents is 1. The van der Waals surface area contributed by atoms with Crippen LogP contribution in [-0.2, 0) is 0 Å². The van der Waals surface area contributed by atoms with Gasteiger partial charge in [0.25, 0.3) is 5.69 Å². The smallest absolute Gasteiger partial charge is 0.284 e. The number of rotatable bonds is 3. The Morgan fingerprint density at radius 3 is 2.67 bits per heavy atom. The average molecular weight is 206 g/mol. The molecule has 0 saturated heterocycles. The van der Waals surface area contributed by atoms with Gasteiger partial charge in [-0.15, -0.1) is 0 Å². The molecule has 0 heterocycles. The summed E-state index contributed by atoms with van der Waals surface area (Å²) in [5.41, 5.74) is -0.522. The van der Waals surface area contributed by atoms with Crippen molar-refractivity contribution in [2.45, 2.75) is 0 Å². The van der Waals surface area contributed by atoms with Gasteiger partial charge in [-0.25, -0.2) is 0 Å². The van der Waals surface area contributed by atoms with Crippen LogP contribution in [0.4, 0.5) is 5.69 Å². The molecule has 0 aliphatic rings. The molecule has 0 radical (unpaired) electrons. The summed E-state index contributed by atoms with van der Waals surface area (Å²) in [6, 6.07) is 4.06. The number of carbonyl (C=O) groups excluding carboxylic acids is 1. The van der Waals surface area contributed by atoms with Crippen LogP contribution in [0, 0.1) is 21.4 Å². The van der Waals surface area contributed by atoms with E-state index in [4.69, 9.17) is 10.00 Å². The lowest BCUT2D eigenvalue weighted by molar-refractivity contribution is -0.385. The summed E-state index contributed by atoms with van der Waals surface area (Å²) in [5, 5.41) is 19.2. The van der Waals surface area contributed by atoms with Gasteiger partial charge in [-0.2, -0.15) is 5.26 Å². The van der Waals surface area contributed by atoms with Crippen LogP contribution in [-0.4, -0.2) is 18.3 Å². The van der Waals surface area contributed by atoms with Crippen LogP contribution in [0.5, 0.6) is 5.75 Å². The first kappa shape index (κ1) is 10.7. The predicted molar refractivity (Wildman–Crippen MR) is 49.8 cm³/mol. The molecular weight excluding hydrogens is 200 g/mol. The molecule has 1 rings (SSSR count). The Morgan fingerprint density at radius 2 is 2.27 bits per heavy atom. The topological polar surface area (TPSA) is 93.2 Å². The molecule has 0 unspecified atom stereocenters. The first-order valence-corrected chi connectivity index (χ1v) is 3.85. The molecule has 0 fully saturated rings. The average Bonchev–Trinajstić information content (AvgIpc) is 2.26. The van der Waals surface area contributed by atoms with Gasteiger partial charge in [-0.05, 0) is 6.07 Å². The van der Waals surface area contributed by atoms with Crippen LogP contribution in [0.25, 0.3) is 0 Å². The van der Waals surface area contributed by atoms with Crippen LogP contribution < -0.4 is 4.74 Å². The first-order chi connectivity index (χ1) is 7.13. The van der Waals surface area contributed by atoms with Crippen LogP contribution >= 0.6 is 0 Å². The third-order valence-electron chi connectivity index (χ3n) is 1.78. The fraction of sp³-hybridized carbons (Fsp3) is 0.111. The molecule has 15 heavy (non-hydrogen) atoms. The van der Waals surface area contributed by atoms with Crippen LogP contribution in [0.15, 0.2) is 12.1 Å². The quantitative estimate of drug-likeness (QED) is 0.422. The summed E-state index contributed by atoms with van der Waals surface area (Å²) in [6.45, 7) is 0. The van der Waals surface area contributed by atoms with Gasteiger partial charge in [0, 0.05) is 6.07 Å². The molecular formula is C9H6N2O4. The summed E-state index contributed by atoms with van der Waals surface area (Å²) < 4.78 is 4.78. The minimum absolute atomic E-state index is 0.0238. The third kappa shape index (κ3) is 1.91. The molecule has 0 atom stereocenters. The third-order valence-corrected chi connectivity index (χ3v) is 1.78. The molecule has 0 aromatic heterocycles. The van der Waals surface area contributed by atoms with Crippen molar-refractivity contribution in [2.75, 3.05) is 7.11 Å². The summed E-state index contributed by atoms with van der Waals surface area (Å²) in [4.78, 5) is 20.5. The van der Waals surface area contributed by atoms with E-state index in [0.717, 1.165) is 6.07 Å². The maximum atomic E-state index is 10.6. The molecule has 0 amide bonds. The maximum Gasteiger partial charge on any atom is 0.284 e. The monoisotopic (exact) mass is 206 g/mol. The minimum Gasteiger partial charge on any atom is -0.496 e. The lowest BCUT2D eigenvalue weighted by Crippen LogP contribution is -1.99. The van der Waals surface area contributed by atoms with E-state index in [9.17, 15) is 14.9 Å². The van der Waals surface area contributed by atoms with Gasteiger partial charge < -0.3 is 4.74 Å². The van der Waals surface area contributed by atoms with Gasteiger partial charge in [-0.1, -0.05) is 0 Å². The number of nitrogens with zero attached hydrogens (tertiary/aromatic N) is 2. The van der Waals surface area contributed by atoms with E-state index in [-0.39, 0.29) is 16.9 Å². The molecule has 0 aliphatic heterocycles. The molecule has 76 valence electrons. The molecule has 1 aromatic carbocycles. The number of methoxy groups -OCH3 is 1. The van der Waals surface area contributed by atoms with Crippen molar-refractivity contribution in [1.29, 1.82) is 5.26 Å². The van der Waals surface area contributed by atoms with Gasteiger partial charge in [0.05, 0.1) is 23.7 Å². The van der Waals surface area contributed by atoms with Crippen molar-refractivity contribution >= 4 is 12.0 Å². The van der Waals surface area contributed by atoms with E-state index in [0.29, 0.717) is 6.29 Å². The Kier molecular flexibility index (Phi) is 2.98. The second-order valence-corrected chi connectivity index (χ2v) is 2.60. The van der Waals surface area contributed by atoms with Crippen molar-refractivity contribution in [1.82, 2.24) is 0 Å². The number of aldehydes is 1. The van der Waals surface area contributed by atoms with Crippen molar-refractivity contribution in [3.63, 3.8) is 0 Å². The SMILES string of the molecule is COc1cc(C#N)cc([N+](=O)[O-])c1C=O. The highest BCUT2D eigenvalue weighted by Gasteiger charge is 2.19. The zero-order valence-electron chi connectivity index (χ0n) is 7.76. The minimum atomic E-state index is -0.729. The summed E-state index contributed by atoms with van der Waals surface area (Å²) >= 11 is 0. The molecule has 0 bridgehead atoms. The highest BCUT2D eigenvalue weighted by atomic mass is 16.6. The van der Waals surface area contributed by atoms with E-state index in [1.807, 2.05) is 0 Å². The fourth-order valence-corrected chi connectivity index (χ4v) is 1.11. The normalized spacial score (nSPS) is 9.07. The Balaban J connectivity index is 3.54. The van der Waals surface area contributed by atoms with E-state index in [1.54, 1.807) is 6.07 Å². The highest BCUT2D eigenvalue weighted by Crippen LogP contribution is 2.28. The molecule has 1 aromatic rings. The standard InChI is InChI=1S/C9H6N2O4/c1-15-9-3-6(4-10)2-8(11(13)14)7(9)5-12/h2-3,5H,1H3. The number of hydrogen-bond donors (Lipinski definition) is 0. The summed E-state index contributed by atoms with van der Waals surface area (Å²) in [7, 11) is 1.27. The van der Waals surface area contributed by atoms with Crippen LogP contribution in [0.1, 0.15) is 15.9 Å². The largest absolute Gasteiger partial charge is 0.496 e. The zero-order chi connectivity index (χ0) is 11.4. The Bertz CT molecular complexity index is 462. The maximum absolute atomic E-state index is 10.6. The van der Waals surface area contributed by atoms with E-state index in [2.05, 4.69) is 0 Å². The molecule has 6 nitrogen and oxygen atoms in total. The summed E-state index contributed by atoms with van der Waals surface area (Å²) in [6.07, 6.45) is 0.331. The second-order valence-electron chi connectivity index (χ2n) is 2.60. The number of hydrogen-bond acceptors (Lipinski definition) is 5. The van der Waals surface area contributed by atoms with Crippen molar-refractivity contribution in [2.24, 2.45) is 0 Å². The number of nitro groups is 1. The predicted octanol–water partition coefficient (Wildman–Crippen LogP) is 1.29. The molecule has 6 heteroatoms. The lowest BCUT2D eigenvalue weighted by atomic mass is 10.1. The Hall–Kier alpha value is -2.42. The van der Waals surface area contributed by atoms with Gasteiger partial charge in [-0.3, -0.25) is 14.9 Å². The Morgan fingerprint density at radius 1 is 1.60 bits per heavy atom. The number of carbonyl (C=O) groups is 1. The van der Waals surface area contributed by atoms with Crippen molar-refractivity contribution in [3.8, 4) is 11.8 Å². The fourth-order valence-electron chi connectivity index (χ4n) is 1.11. The van der Waals surface area contributed by atoms with Gasteiger partial charge >= 0.3 is 0 Å². The zero-order valence-corrected chi connectivity index (χ0v) is 7.76. The number of benzene rings is 1. The van der Waals surface area contributed by atoms with Gasteiger partial charge in [0.15, 0.2) is 6.29 Å². The van der Waals surface area contributed by atoms with Crippen molar-refractivity contribution in [3.05, 3.63) is 33.4 Å². The van der Waals surface area contributed by atoms with Gasteiger partial charge in [0.2, 0.25) is 0 Å². The molecule has 0 saturated carbocycles. The van der Waals surface area contributed by atoms with Crippen molar-refractivity contribution < 1.29 is 14.5 Å². The van der Waals surface area contributed by atoms with Crippen LogP contribution in [0.3, 0.4) is 0 Å².